The van der Waals surface area contributed by atoms with Crippen molar-refractivity contribution in [1.29, 1.82) is 0 Å². The van der Waals surface area contributed by atoms with E-state index in [1.807, 2.05) is 0 Å². The number of carbonyl (C=O) groups excluding carboxylic acids is 1. The molecule has 0 amide bonds. The molecule has 0 fully saturated rings. The van der Waals surface area contributed by atoms with Crippen LogP contribution in [0.15, 0.2) is 18.2 Å². The highest BCUT2D eigenvalue weighted by Crippen LogP contribution is 2.29. The van der Waals surface area contributed by atoms with Crippen LogP contribution in [0.2, 0.25) is 0 Å². The molecule has 1 rings (SSSR count). The van der Waals surface area contributed by atoms with E-state index in [0.29, 0.717) is 0 Å². The lowest BCUT2D eigenvalue weighted by Gasteiger charge is -2.11. The molecule has 1 aromatic carbocycles. The first-order valence-corrected chi connectivity index (χ1v) is 4.50. The van der Waals surface area contributed by atoms with E-state index in [9.17, 15) is 13.6 Å². The van der Waals surface area contributed by atoms with E-state index in [-0.39, 0.29) is 11.3 Å². The van der Waals surface area contributed by atoms with Crippen LogP contribution in [0.4, 0.5) is 8.78 Å². The molecule has 0 N–H and O–H groups in total. The minimum Gasteiger partial charge on any atom is -0.496 e. The molecule has 1 aromatic rings. The molecule has 0 spiro atoms. The first-order valence-electron chi connectivity index (χ1n) is 4.12. The van der Waals surface area contributed by atoms with E-state index >= 15 is 0 Å². The van der Waals surface area contributed by atoms with Gasteiger partial charge in [-0.15, -0.1) is 0 Å². The van der Waals surface area contributed by atoms with Gasteiger partial charge in [-0.25, -0.2) is 0 Å². The van der Waals surface area contributed by atoms with Gasteiger partial charge in [0, 0.05) is 0 Å². The SMILES string of the molecule is COc1cc(C)ccc1C(=O)C(F)(F)Cl. The van der Waals surface area contributed by atoms with E-state index in [1.54, 1.807) is 13.0 Å². The number of alkyl halides is 3. The van der Waals surface area contributed by atoms with Crippen LogP contribution in [0.3, 0.4) is 0 Å². The predicted octanol–water partition coefficient (Wildman–Crippen LogP) is 3.02. The molecule has 0 aliphatic carbocycles. The summed E-state index contributed by atoms with van der Waals surface area (Å²) in [6.07, 6.45) is 0. The Labute approximate surface area is 90.8 Å². The van der Waals surface area contributed by atoms with E-state index in [1.165, 1.54) is 19.2 Å². The van der Waals surface area contributed by atoms with E-state index in [4.69, 9.17) is 4.74 Å². The lowest BCUT2D eigenvalue weighted by molar-refractivity contribution is 0.0533. The summed E-state index contributed by atoms with van der Waals surface area (Å²) in [5.41, 5.74) is 0.587. The second-order valence-electron chi connectivity index (χ2n) is 3.03. The van der Waals surface area contributed by atoms with Crippen molar-refractivity contribution in [2.45, 2.75) is 12.3 Å². The zero-order chi connectivity index (χ0) is 11.6. The molecule has 0 aromatic heterocycles. The Balaban J connectivity index is 3.20. The van der Waals surface area contributed by atoms with Crippen molar-refractivity contribution in [3.05, 3.63) is 29.3 Å². The summed E-state index contributed by atoms with van der Waals surface area (Å²) in [7, 11) is 1.30. The summed E-state index contributed by atoms with van der Waals surface area (Å²) < 4.78 is 30.0. The van der Waals surface area contributed by atoms with Gasteiger partial charge in [-0.05, 0) is 36.2 Å². The molecular weight excluding hydrogens is 226 g/mol. The molecule has 0 bridgehead atoms. The molecular formula is C10H9ClF2O2. The zero-order valence-electron chi connectivity index (χ0n) is 8.18. The number of Topliss-reactive ketones (excluding diaryl/α,β-unsaturated/α-hetero) is 1. The van der Waals surface area contributed by atoms with Gasteiger partial charge in [0.1, 0.15) is 5.75 Å². The highest BCUT2D eigenvalue weighted by molar-refractivity contribution is 6.35. The van der Waals surface area contributed by atoms with Crippen LogP contribution >= 0.6 is 11.6 Å². The van der Waals surface area contributed by atoms with Crippen molar-refractivity contribution < 1.29 is 18.3 Å². The normalized spacial score (nSPS) is 11.3. The lowest BCUT2D eigenvalue weighted by atomic mass is 10.1. The van der Waals surface area contributed by atoms with Gasteiger partial charge >= 0.3 is 5.38 Å². The Morgan fingerprint density at radius 1 is 1.47 bits per heavy atom. The molecule has 2 nitrogen and oxygen atoms in total. The number of halogens is 3. The van der Waals surface area contributed by atoms with E-state index in [0.717, 1.165) is 5.56 Å². The third kappa shape index (κ3) is 2.65. The van der Waals surface area contributed by atoms with Gasteiger partial charge in [0.15, 0.2) is 0 Å². The highest BCUT2D eigenvalue weighted by Gasteiger charge is 2.38. The van der Waals surface area contributed by atoms with Crippen molar-refractivity contribution in [3.8, 4) is 5.75 Å². The molecule has 15 heavy (non-hydrogen) atoms. The minimum absolute atomic E-state index is 0.0975. The summed E-state index contributed by atoms with van der Waals surface area (Å²) >= 11 is 4.65. The Hall–Kier alpha value is -1.16. The van der Waals surface area contributed by atoms with E-state index in [2.05, 4.69) is 11.6 Å². The summed E-state index contributed by atoms with van der Waals surface area (Å²) in [5, 5.41) is -3.90. The van der Waals surface area contributed by atoms with Gasteiger partial charge < -0.3 is 4.74 Å². The smallest absolute Gasteiger partial charge is 0.385 e. The number of hydrogen-bond donors (Lipinski definition) is 0. The largest absolute Gasteiger partial charge is 0.496 e. The maximum absolute atomic E-state index is 12.6. The molecule has 0 aliphatic rings. The number of ketones is 1. The van der Waals surface area contributed by atoms with Crippen LogP contribution in [0.5, 0.6) is 5.75 Å². The van der Waals surface area contributed by atoms with Crippen molar-refractivity contribution in [3.63, 3.8) is 0 Å². The number of methoxy groups -OCH3 is 1. The summed E-state index contributed by atoms with van der Waals surface area (Å²) in [4.78, 5) is 11.2. The van der Waals surface area contributed by atoms with Crippen LogP contribution in [-0.4, -0.2) is 18.3 Å². The number of ether oxygens (including phenoxy) is 1. The zero-order valence-corrected chi connectivity index (χ0v) is 8.94. The molecule has 5 heteroatoms. The molecule has 0 saturated carbocycles. The van der Waals surface area contributed by atoms with Crippen molar-refractivity contribution in [2.75, 3.05) is 7.11 Å². The Morgan fingerprint density at radius 2 is 2.07 bits per heavy atom. The van der Waals surface area contributed by atoms with Crippen molar-refractivity contribution in [2.24, 2.45) is 0 Å². The maximum Gasteiger partial charge on any atom is 0.385 e. The van der Waals surface area contributed by atoms with Gasteiger partial charge in [0.05, 0.1) is 12.7 Å². The molecule has 0 radical (unpaired) electrons. The molecule has 0 unspecified atom stereocenters. The van der Waals surface area contributed by atoms with Gasteiger partial charge in [0.25, 0.3) is 5.78 Å². The Morgan fingerprint density at radius 3 is 2.53 bits per heavy atom. The lowest BCUT2D eigenvalue weighted by Crippen LogP contribution is -2.22. The van der Waals surface area contributed by atoms with Crippen LogP contribution in [0.1, 0.15) is 15.9 Å². The number of benzene rings is 1. The summed E-state index contributed by atoms with van der Waals surface area (Å²) in [6.45, 7) is 1.76. The summed E-state index contributed by atoms with van der Waals surface area (Å²) in [6, 6.07) is 4.31. The number of carbonyl (C=O) groups is 1. The Bertz CT molecular complexity index is 385. The maximum atomic E-state index is 12.6. The highest BCUT2D eigenvalue weighted by atomic mass is 35.5. The van der Waals surface area contributed by atoms with Crippen LogP contribution < -0.4 is 4.74 Å². The predicted molar refractivity (Wildman–Crippen MR) is 52.9 cm³/mol. The topological polar surface area (TPSA) is 26.3 Å². The van der Waals surface area contributed by atoms with Gasteiger partial charge in [-0.1, -0.05) is 6.07 Å². The number of hydrogen-bond acceptors (Lipinski definition) is 2. The van der Waals surface area contributed by atoms with Gasteiger partial charge in [-0.3, -0.25) is 4.79 Å². The number of rotatable bonds is 3. The molecule has 0 heterocycles. The molecule has 0 aliphatic heterocycles. The second-order valence-corrected chi connectivity index (χ2v) is 3.51. The Kier molecular flexibility index (Phi) is 3.29. The monoisotopic (exact) mass is 234 g/mol. The second kappa shape index (κ2) is 4.14. The van der Waals surface area contributed by atoms with Crippen LogP contribution in [-0.2, 0) is 0 Å². The fourth-order valence-electron chi connectivity index (χ4n) is 1.14. The third-order valence-corrected chi connectivity index (χ3v) is 2.03. The molecule has 0 atom stereocenters. The fourth-order valence-corrected chi connectivity index (χ4v) is 1.24. The first kappa shape index (κ1) is 11.9. The van der Waals surface area contributed by atoms with Crippen LogP contribution in [0.25, 0.3) is 0 Å². The quantitative estimate of drug-likeness (QED) is 0.594. The average Bonchev–Trinajstić information content (AvgIpc) is 2.15. The molecule has 0 saturated heterocycles. The molecule has 82 valence electrons. The average molecular weight is 235 g/mol. The first-order chi connectivity index (χ1) is 6.86. The van der Waals surface area contributed by atoms with Gasteiger partial charge in [-0.2, -0.15) is 8.78 Å². The van der Waals surface area contributed by atoms with E-state index < -0.39 is 11.2 Å². The fraction of sp³-hybridized carbons (Fsp3) is 0.300. The summed E-state index contributed by atoms with van der Waals surface area (Å²) in [5.74, 6) is -1.36. The third-order valence-electron chi connectivity index (χ3n) is 1.86. The van der Waals surface area contributed by atoms with Crippen LogP contribution in [0, 0.1) is 6.92 Å². The standard InChI is InChI=1S/C10H9ClF2O2/c1-6-3-4-7(8(5-6)15-2)9(14)10(11,12)13/h3-5H,1-2H3. The van der Waals surface area contributed by atoms with Crippen molar-refractivity contribution >= 4 is 17.4 Å². The van der Waals surface area contributed by atoms with Crippen molar-refractivity contribution in [1.82, 2.24) is 0 Å². The van der Waals surface area contributed by atoms with Gasteiger partial charge in [0.2, 0.25) is 0 Å². The number of aryl methyl sites for hydroxylation is 1. The minimum atomic E-state index is -3.90.